The van der Waals surface area contributed by atoms with Crippen molar-refractivity contribution in [1.29, 1.82) is 0 Å². The minimum atomic E-state index is -0.595. The summed E-state index contributed by atoms with van der Waals surface area (Å²) in [6.45, 7) is 2.95. The van der Waals surface area contributed by atoms with Crippen LogP contribution in [0.3, 0.4) is 0 Å². The zero-order valence-electron chi connectivity index (χ0n) is 10.1. The molecule has 1 aromatic carbocycles. The van der Waals surface area contributed by atoms with Gasteiger partial charge < -0.3 is 20.8 Å². The van der Waals surface area contributed by atoms with Crippen LogP contribution in [0.25, 0.3) is 0 Å². The van der Waals surface area contributed by atoms with Crippen LogP contribution in [0.15, 0.2) is 18.2 Å². The first-order valence-electron chi connectivity index (χ1n) is 5.66. The van der Waals surface area contributed by atoms with Crippen LogP contribution in [0.4, 0.5) is 4.39 Å². The summed E-state index contributed by atoms with van der Waals surface area (Å²) in [5, 5.41) is 23.9. The third kappa shape index (κ3) is 4.68. The molecular weight excluding hydrogens is 239 g/mol. The average Bonchev–Trinajstić information content (AvgIpc) is 2.27. The SMILES string of the molecule is CC(O)CNCCNC(=O)c1ccc(F)cc1O. The molecule has 1 atom stereocenters. The fraction of sp³-hybridized carbons (Fsp3) is 0.417. The van der Waals surface area contributed by atoms with E-state index in [0.717, 1.165) is 12.1 Å². The van der Waals surface area contributed by atoms with E-state index in [-0.39, 0.29) is 11.3 Å². The van der Waals surface area contributed by atoms with Crippen molar-refractivity contribution < 1.29 is 19.4 Å². The highest BCUT2D eigenvalue weighted by Gasteiger charge is 2.10. The number of halogens is 1. The minimum absolute atomic E-state index is 0.0342. The Hall–Kier alpha value is -1.66. The predicted molar refractivity (Wildman–Crippen MR) is 64.9 cm³/mol. The van der Waals surface area contributed by atoms with Gasteiger partial charge in [0.05, 0.1) is 11.7 Å². The van der Waals surface area contributed by atoms with Crippen LogP contribution >= 0.6 is 0 Å². The van der Waals surface area contributed by atoms with Crippen molar-refractivity contribution in [1.82, 2.24) is 10.6 Å². The molecule has 0 fully saturated rings. The molecule has 0 bridgehead atoms. The average molecular weight is 256 g/mol. The Morgan fingerprint density at radius 3 is 2.78 bits per heavy atom. The van der Waals surface area contributed by atoms with E-state index in [1.807, 2.05) is 0 Å². The highest BCUT2D eigenvalue weighted by molar-refractivity contribution is 5.96. The molecule has 0 spiro atoms. The zero-order valence-corrected chi connectivity index (χ0v) is 10.1. The molecule has 6 heteroatoms. The van der Waals surface area contributed by atoms with Gasteiger partial charge in [-0.25, -0.2) is 4.39 Å². The van der Waals surface area contributed by atoms with E-state index < -0.39 is 17.8 Å². The predicted octanol–water partition coefficient (Wildman–Crippen LogP) is 0.232. The molecule has 0 heterocycles. The summed E-state index contributed by atoms with van der Waals surface area (Å²) in [6, 6.07) is 3.23. The highest BCUT2D eigenvalue weighted by atomic mass is 19.1. The Morgan fingerprint density at radius 2 is 2.17 bits per heavy atom. The third-order valence-electron chi connectivity index (χ3n) is 2.23. The summed E-state index contributed by atoms with van der Waals surface area (Å²) in [5.74, 6) is -1.45. The molecule has 1 unspecified atom stereocenters. The monoisotopic (exact) mass is 256 g/mol. The Labute approximate surface area is 105 Å². The maximum absolute atomic E-state index is 12.7. The number of carbonyl (C=O) groups is 1. The summed E-state index contributed by atoms with van der Waals surface area (Å²) >= 11 is 0. The lowest BCUT2D eigenvalue weighted by molar-refractivity contribution is 0.0951. The van der Waals surface area contributed by atoms with E-state index in [9.17, 15) is 14.3 Å². The van der Waals surface area contributed by atoms with E-state index in [1.54, 1.807) is 6.92 Å². The molecule has 0 aromatic heterocycles. The summed E-state index contributed by atoms with van der Waals surface area (Å²) in [6.07, 6.45) is -0.443. The number of nitrogens with one attached hydrogen (secondary N) is 2. The first kappa shape index (κ1) is 14.4. The van der Waals surface area contributed by atoms with Crippen LogP contribution in [0.5, 0.6) is 5.75 Å². The van der Waals surface area contributed by atoms with Gasteiger partial charge in [0, 0.05) is 25.7 Å². The third-order valence-corrected chi connectivity index (χ3v) is 2.23. The second kappa shape index (κ2) is 6.93. The van der Waals surface area contributed by atoms with Crippen molar-refractivity contribution in [2.24, 2.45) is 0 Å². The van der Waals surface area contributed by atoms with Gasteiger partial charge in [-0.1, -0.05) is 0 Å². The van der Waals surface area contributed by atoms with Gasteiger partial charge in [0.1, 0.15) is 11.6 Å². The van der Waals surface area contributed by atoms with Gasteiger partial charge in [-0.05, 0) is 19.1 Å². The smallest absolute Gasteiger partial charge is 0.255 e. The lowest BCUT2D eigenvalue weighted by atomic mass is 10.2. The fourth-order valence-electron chi connectivity index (χ4n) is 1.37. The van der Waals surface area contributed by atoms with Crippen molar-refractivity contribution in [2.75, 3.05) is 19.6 Å². The van der Waals surface area contributed by atoms with Crippen molar-refractivity contribution in [3.8, 4) is 5.75 Å². The summed E-state index contributed by atoms with van der Waals surface area (Å²) in [7, 11) is 0. The van der Waals surface area contributed by atoms with Crippen molar-refractivity contribution >= 4 is 5.91 Å². The van der Waals surface area contributed by atoms with Crippen LogP contribution in [0.1, 0.15) is 17.3 Å². The molecule has 0 aliphatic carbocycles. The highest BCUT2D eigenvalue weighted by Crippen LogP contribution is 2.17. The largest absolute Gasteiger partial charge is 0.507 e. The van der Waals surface area contributed by atoms with Crippen molar-refractivity contribution in [3.05, 3.63) is 29.6 Å². The molecule has 0 radical (unpaired) electrons. The molecule has 4 N–H and O–H groups in total. The van der Waals surface area contributed by atoms with Crippen LogP contribution < -0.4 is 10.6 Å². The molecule has 0 aliphatic rings. The quantitative estimate of drug-likeness (QED) is 0.549. The second-order valence-corrected chi connectivity index (χ2v) is 3.97. The number of benzene rings is 1. The van der Waals surface area contributed by atoms with Gasteiger partial charge >= 0.3 is 0 Å². The van der Waals surface area contributed by atoms with Gasteiger partial charge in [-0.15, -0.1) is 0 Å². The van der Waals surface area contributed by atoms with E-state index >= 15 is 0 Å². The number of amides is 1. The summed E-state index contributed by atoms with van der Waals surface area (Å²) in [4.78, 5) is 11.6. The maximum atomic E-state index is 12.7. The number of phenols is 1. The van der Waals surface area contributed by atoms with E-state index in [4.69, 9.17) is 5.11 Å². The van der Waals surface area contributed by atoms with Crippen molar-refractivity contribution in [3.63, 3.8) is 0 Å². The summed E-state index contributed by atoms with van der Waals surface area (Å²) < 4.78 is 12.7. The first-order valence-corrected chi connectivity index (χ1v) is 5.66. The molecule has 100 valence electrons. The normalized spacial score (nSPS) is 12.2. The number of aromatic hydroxyl groups is 1. The molecular formula is C12H17FN2O3. The Kier molecular flexibility index (Phi) is 5.54. The Balaban J connectivity index is 2.36. The summed E-state index contributed by atoms with van der Waals surface area (Å²) in [5.41, 5.74) is 0.0342. The number of aliphatic hydroxyl groups is 1. The number of phenolic OH excluding ortho intramolecular Hbond substituents is 1. The van der Waals surface area contributed by atoms with Crippen LogP contribution in [-0.4, -0.2) is 41.9 Å². The lowest BCUT2D eigenvalue weighted by Crippen LogP contribution is -2.34. The van der Waals surface area contributed by atoms with E-state index in [1.165, 1.54) is 6.07 Å². The molecule has 1 rings (SSSR count). The van der Waals surface area contributed by atoms with Crippen LogP contribution in [-0.2, 0) is 0 Å². The molecule has 0 aliphatic heterocycles. The Bertz CT molecular complexity index is 410. The minimum Gasteiger partial charge on any atom is -0.507 e. The molecule has 0 saturated carbocycles. The van der Waals surface area contributed by atoms with Crippen LogP contribution in [0.2, 0.25) is 0 Å². The number of aliphatic hydroxyl groups excluding tert-OH is 1. The maximum Gasteiger partial charge on any atom is 0.255 e. The number of carbonyl (C=O) groups excluding carboxylic acids is 1. The molecule has 5 nitrogen and oxygen atoms in total. The van der Waals surface area contributed by atoms with Crippen LogP contribution in [0, 0.1) is 5.82 Å². The van der Waals surface area contributed by atoms with Gasteiger partial charge in [-0.2, -0.15) is 0 Å². The topological polar surface area (TPSA) is 81.6 Å². The number of rotatable bonds is 6. The fourth-order valence-corrected chi connectivity index (χ4v) is 1.37. The number of hydrogen-bond donors (Lipinski definition) is 4. The van der Waals surface area contributed by atoms with Gasteiger partial charge in [0.2, 0.25) is 0 Å². The van der Waals surface area contributed by atoms with E-state index in [2.05, 4.69) is 10.6 Å². The van der Waals surface area contributed by atoms with Gasteiger partial charge in [0.25, 0.3) is 5.91 Å². The second-order valence-electron chi connectivity index (χ2n) is 3.97. The molecule has 1 aromatic rings. The standard InChI is InChI=1S/C12H17FN2O3/c1-8(16)7-14-4-5-15-12(18)10-3-2-9(13)6-11(10)17/h2-3,6,8,14,16-17H,4-5,7H2,1H3,(H,15,18). The van der Waals surface area contributed by atoms with Crippen molar-refractivity contribution in [2.45, 2.75) is 13.0 Å². The number of hydrogen-bond acceptors (Lipinski definition) is 4. The van der Waals surface area contributed by atoms with Gasteiger partial charge in [-0.3, -0.25) is 4.79 Å². The molecule has 1 amide bonds. The van der Waals surface area contributed by atoms with Gasteiger partial charge in [0.15, 0.2) is 0 Å². The first-order chi connectivity index (χ1) is 8.50. The lowest BCUT2D eigenvalue weighted by Gasteiger charge is -2.09. The molecule has 0 saturated heterocycles. The zero-order chi connectivity index (χ0) is 13.5. The molecule has 18 heavy (non-hydrogen) atoms. The van der Waals surface area contributed by atoms with E-state index in [0.29, 0.717) is 19.6 Å². The Morgan fingerprint density at radius 1 is 1.44 bits per heavy atom.